The van der Waals surface area contributed by atoms with Crippen molar-refractivity contribution >= 4 is 0 Å². The summed E-state index contributed by atoms with van der Waals surface area (Å²) in [5.41, 5.74) is 5.94. The fraction of sp³-hybridized carbons (Fsp3) is 0.500. The van der Waals surface area contributed by atoms with Crippen LogP contribution in [0.1, 0.15) is 23.2 Å². The van der Waals surface area contributed by atoms with Gasteiger partial charge in [-0.3, -0.25) is 4.68 Å². The zero-order chi connectivity index (χ0) is 11.2. The molecule has 0 aliphatic carbocycles. The van der Waals surface area contributed by atoms with Gasteiger partial charge in [0.2, 0.25) is 0 Å². The standard InChI is InChI=1S/C12H14N4O/c1-2-8-7-17-15-11(8)12-9-6-13-4-3-10(9)14-16(12)5-1/h7,13H,1-6H2. The molecule has 1 N–H and O–H groups in total. The van der Waals surface area contributed by atoms with Crippen LogP contribution >= 0.6 is 0 Å². The molecular formula is C12H14N4O. The van der Waals surface area contributed by atoms with Crippen LogP contribution in [-0.4, -0.2) is 21.5 Å². The van der Waals surface area contributed by atoms with Crippen LogP contribution in [0.4, 0.5) is 0 Å². The quantitative estimate of drug-likeness (QED) is 0.737. The second kappa shape index (κ2) is 3.43. The van der Waals surface area contributed by atoms with Gasteiger partial charge in [0.15, 0.2) is 0 Å². The van der Waals surface area contributed by atoms with Gasteiger partial charge in [0.1, 0.15) is 12.0 Å². The van der Waals surface area contributed by atoms with Crippen LogP contribution in [0, 0.1) is 0 Å². The zero-order valence-corrected chi connectivity index (χ0v) is 9.57. The highest BCUT2D eigenvalue weighted by molar-refractivity contribution is 5.64. The minimum absolute atomic E-state index is 0.900. The molecule has 88 valence electrons. The van der Waals surface area contributed by atoms with E-state index in [0.29, 0.717) is 0 Å². The van der Waals surface area contributed by atoms with Gasteiger partial charge >= 0.3 is 0 Å². The first kappa shape index (κ1) is 9.41. The maximum atomic E-state index is 5.13. The summed E-state index contributed by atoms with van der Waals surface area (Å²) in [5.74, 6) is 0. The van der Waals surface area contributed by atoms with E-state index in [9.17, 15) is 0 Å². The number of hydrogen-bond acceptors (Lipinski definition) is 4. The molecule has 0 unspecified atom stereocenters. The second-order valence-electron chi connectivity index (χ2n) is 4.72. The molecule has 5 nitrogen and oxygen atoms in total. The first-order valence-corrected chi connectivity index (χ1v) is 6.16. The number of rotatable bonds is 0. The fourth-order valence-corrected chi connectivity index (χ4v) is 2.83. The molecule has 2 aliphatic heterocycles. The maximum Gasteiger partial charge on any atom is 0.135 e. The Balaban J connectivity index is 1.98. The number of fused-ring (bicyclic) bond motifs is 5. The third-order valence-corrected chi connectivity index (χ3v) is 3.66. The van der Waals surface area contributed by atoms with Gasteiger partial charge in [0.25, 0.3) is 0 Å². The molecule has 4 rings (SSSR count). The molecule has 5 heteroatoms. The molecule has 2 aromatic heterocycles. The monoisotopic (exact) mass is 230 g/mol. The molecule has 2 aromatic rings. The Labute approximate surface area is 98.8 Å². The SMILES string of the molecule is c1onc2c1CCCn1nc3c(c1-2)CNCC3. The topological polar surface area (TPSA) is 55.9 Å². The van der Waals surface area contributed by atoms with Crippen molar-refractivity contribution in [2.45, 2.75) is 32.4 Å². The van der Waals surface area contributed by atoms with E-state index < -0.39 is 0 Å². The Morgan fingerprint density at radius 1 is 1.35 bits per heavy atom. The highest BCUT2D eigenvalue weighted by atomic mass is 16.5. The van der Waals surface area contributed by atoms with E-state index in [0.717, 1.165) is 44.6 Å². The molecule has 0 bridgehead atoms. The fourth-order valence-electron chi connectivity index (χ4n) is 2.83. The van der Waals surface area contributed by atoms with E-state index in [1.165, 1.54) is 22.5 Å². The minimum atomic E-state index is 0.900. The summed E-state index contributed by atoms with van der Waals surface area (Å²) >= 11 is 0. The summed E-state index contributed by atoms with van der Waals surface area (Å²) in [5, 5.41) is 12.3. The smallest absolute Gasteiger partial charge is 0.135 e. The van der Waals surface area contributed by atoms with Crippen molar-refractivity contribution in [2.24, 2.45) is 0 Å². The van der Waals surface area contributed by atoms with Gasteiger partial charge in [0.05, 0.1) is 11.4 Å². The van der Waals surface area contributed by atoms with Crippen molar-refractivity contribution in [1.82, 2.24) is 20.3 Å². The molecule has 0 radical (unpaired) electrons. The van der Waals surface area contributed by atoms with Gasteiger partial charge in [0, 0.05) is 37.2 Å². The van der Waals surface area contributed by atoms with E-state index in [1.54, 1.807) is 6.26 Å². The van der Waals surface area contributed by atoms with Crippen molar-refractivity contribution in [3.8, 4) is 11.4 Å². The summed E-state index contributed by atoms with van der Waals surface area (Å²) in [7, 11) is 0. The Bertz CT molecular complexity index is 569. The molecule has 2 aliphatic rings. The maximum absolute atomic E-state index is 5.13. The van der Waals surface area contributed by atoms with Crippen LogP contribution in [0.25, 0.3) is 11.4 Å². The van der Waals surface area contributed by atoms with Gasteiger partial charge in [-0.05, 0) is 12.8 Å². The summed E-state index contributed by atoms with van der Waals surface area (Å²) in [6.07, 6.45) is 4.93. The van der Waals surface area contributed by atoms with Crippen LogP contribution in [-0.2, 0) is 25.9 Å². The molecule has 0 spiro atoms. The molecule has 17 heavy (non-hydrogen) atoms. The Morgan fingerprint density at radius 2 is 2.35 bits per heavy atom. The molecule has 0 saturated carbocycles. The number of aryl methyl sites for hydroxylation is 2. The number of nitrogens with zero attached hydrogens (tertiary/aromatic N) is 3. The molecule has 0 atom stereocenters. The van der Waals surface area contributed by atoms with Crippen molar-refractivity contribution in [3.05, 3.63) is 23.1 Å². The summed E-state index contributed by atoms with van der Waals surface area (Å²) in [6.45, 7) is 2.91. The van der Waals surface area contributed by atoms with E-state index in [2.05, 4.69) is 15.2 Å². The zero-order valence-electron chi connectivity index (χ0n) is 9.57. The predicted octanol–water partition coefficient (Wildman–Crippen LogP) is 1.13. The number of hydrogen-bond donors (Lipinski definition) is 1. The first-order chi connectivity index (χ1) is 8.43. The summed E-state index contributed by atoms with van der Waals surface area (Å²) in [6, 6.07) is 0. The highest BCUT2D eigenvalue weighted by Gasteiger charge is 2.26. The van der Waals surface area contributed by atoms with E-state index >= 15 is 0 Å². The van der Waals surface area contributed by atoms with Crippen LogP contribution in [0.3, 0.4) is 0 Å². The van der Waals surface area contributed by atoms with Gasteiger partial charge in [-0.1, -0.05) is 5.16 Å². The normalized spacial score (nSPS) is 18.1. The second-order valence-corrected chi connectivity index (χ2v) is 4.72. The molecule has 0 aromatic carbocycles. The molecule has 4 heterocycles. The third kappa shape index (κ3) is 1.29. The number of nitrogens with one attached hydrogen (secondary N) is 1. The van der Waals surface area contributed by atoms with Gasteiger partial charge < -0.3 is 9.84 Å². The molecule has 0 fully saturated rings. The molecule has 0 saturated heterocycles. The van der Waals surface area contributed by atoms with E-state index in [4.69, 9.17) is 9.62 Å². The Morgan fingerprint density at radius 3 is 3.35 bits per heavy atom. The van der Waals surface area contributed by atoms with Crippen molar-refractivity contribution < 1.29 is 4.52 Å². The highest BCUT2D eigenvalue weighted by Crippen LogP contribution is 2.32. The van der Waals surface area contributed by atoms with Crippen LogP contribution < -0.4 is 5.32 Å². The third-order valence-electron chi connectivity index (χ3n) is 3.66. The lowest BCUT2D eigenvalue weighted by molar-refractivity contribution is 0.418. The van der Waals surface area contributed by atoms with Crippen molar-refractivity contribution in [2.75, 3.05) is 6.54 Å². The largest absolute Gasteiger partial charge is 0.364 e. The van der Waals surface area contributed by atoms with Crippen LogP contribution in [0.15, 0.2) is 10.8 Å². The van der Waals surface area contributed by atoms with Crippen LogP contribution in [0.2, 0.25) is 0 Å². The Kier molecular flexibility index (Phi) is 1.90. The summed E-state index contributed by atoms with van der Waals surface area (Å²) in [4.78, 5) is 0. The molecular weight excluding hydrogens is 216 g/mol. The summed E-state index contributed by atoms with van der Waals surface area (Å²) < 4.78 is 7.25. The average molecular weight is 230 g/mol. The van der Waals surface area contributed by atoms with Crippen LogP contribution in [0.5, 0.6) is 0 Å². The average Bonchev–Trinajstić information content (AvgIpc) is 2.90. The minimum Gasteiger partial charge on any atom is -0.364 e. The van der Waals surface area contributed by atoms with Crippen molar-refractivity contribution in [1.29, 1.82) is 0 Å². The van der Waals surface area contributed by atoms with E-state index in [-0.39, 0.29) is 0 Å². The lowest BCUT2D eigenvalue weighted by Gasteiger charge is -2.12. The Hall–Kier alpha value is -1.62. The van der Waals surface area contributed by atoms with Gasteiger partial charge in [-0.15, -0.1) is 0 Å². The lowest BCUT2D eigenvalue weighted by atomic mass is 10.0. The lowest BCUT2D eigenvalue weighted by Crippen LogP contribution is -2.23. The first-order valence-electron chi connectivity index (χ1n) is 6.16. The van der Waals surface area contributed by atoms with Crippen molar-refractivity contribution in [3.63, 3.8) is 0 Å². The molecule has 0 amide bonds. The van der Waals surface area contributed by atoms with Gasteiger partial charge in [-0.2, -0.15) is 5.10 Å². The van der Waals surface area contributed by atoms with Gasteiger partial charge in [-0.25, -0.2) is 0 Å². The van der Waals surface area contributed by atoms with E-state index in [1.807, 2.05) is 0 Å². The number of aromatic nitrogens is 3. The predicted molar refractivity (Wildman–Crippen MR) is 61.5 cm³/mol.